The van der Waals surface area contributed by atoms with E-state index in [0.29, 0.717) is 25.6 Å². The third-order valence-electron chi connectivity index (χ3n) is 6.88. The van der Waals surface area contributed by atoms with Crippen molar-refractivity contribution >= 4 is 17.4 Å². The summed E-state index contributed by atoms with van der Waals surface area (Å²) < 4.78 is 5.49. The first-order valence-electron chi connectivity index (χ1n) is 12.1. The number of methoxy groups -OCH3 is 1. The lowest BCUT2D eigenvalue weighted by atomic mass is 9.94. The van der Waals surface area contributed by atoms with Gasteiger partial charge in [0.05, 0.1) is 19.3 Å². The van der Waals surface area contributed by atoms with Crippen LogP contribution in [0.3, 0.4) is 0 Å². The number of aryl methyl sites for hydroxylation is 2. The van der Waals surface area contributed by atoms with E-state index in [-0.39, 0.29) is 5.91 Å². The molecule has 0 spiro atoms. The number of carbonyl (C=O) groups excluding carboxylic acids is 1. The van der Waals surface area contributed by atoms with Crippen molar-refractivity contribution < 1.29 is 9.53 Å². The Morgan fingerprint density at radius 1 is 1.15 bits per heavy atom. The zero-order chi connectivity index (χ0) is 24.2. The molecule has 180 valence electrons. The molecular formula is C27H35N5O2. The highest BCUT2D eigenvalue weighted by Crippen LogP contribution is 2.34. The van der Waals surface area contributed by atoms with E-state index in [9.17, 15) is 4.79 Å². The molecule has 1 amide bonds. The third-order valence-corrected chi connectivity index (χ3v) is 6.88. The summed E-state index contributed by atoms with van der Waals surface area (Å²) in [6.07, 6.45) is 5.48. The number of carbonyl (C=O) groups is 1. The number of ether oxygens (including phenoxy) is 1. The summed E-state index contributed by atoms with van der Waals surface area (Å²) in [6, 6.07) is 6.95. The first-order valence-corrected chi connectivity index (χ1v) is 12.1. The number of allylic oxidation sites excluding steroid dienone is 1. The smallest absolute Gasteiger partial charge is 0.318 e. The largest absolute Gasteiger partial charge is 0.467 e. The topological polar surface area (TPSA) is 61.8 Å². The molecule has 0 N–H and O–H groups in total. The van der Waals surface area contributed by atoms with Gasteiger partial charge in [0.25, 0.3) is 0 Å². The van der Waals surface area contributed by atoms with Gasteiger partial charge in [0.1, 0.15) is 5.82 Å². The summed E-state index contributed by atoms with van der Waals surface area (Å²) in [5.74, 6) is 0.929. The molecule has 7 nitrogen and oxygen atoms in total. The number of benzene rings is 1. The van der Waals surface area contributed by atoms with Crippen LogP contribution in [0.25, 0.3) is 5.70 Å². The van der Waals surface area contributed by atoms with Crippen molar-refractivity contribution in [3.63, 3.8) is 0 Å². The van der Waals surface area contributed by atoms with Crippen molar-refractivity contribution in [3.8, 4) is 6.01 Å². The van der Waals surface area contributed by atoms with Gasteiger partial charge in [-0.25, -0.2) is 0 Å². The maximum Gasteiger partial charge on any atom is 0.318 e. The minimum atomic E-state index is -0.0147. The quantitative estimate of drug-likeness (QED) is 0.613. The Hall–Kier alpha value is -3.35. The van der Waals surface area contributed by atoms with Crippen LogP contribution in [0.15, 0.2) is 36.9 Å². The Balaban J connectivity index is 1.63. The second-order valence-electron chi connectivity index (χ2n) is 8.78. The van der Waals surface area contributed by atoms with Crippen molar-refractivity contribution in [2.24, 2.45) is 0 Å². The van der Waals surface area contributed by atoms with Crippen molar-refractivity contribution in [2.45, 2.75) is 40.2 Å². The molecule has 1 aromatic heterocycles. The molecule has 7 heteroatoms. The van der Waals surface area contributed by atoms with Gasteiger partial charge in [-0.1, -0.05) is 37.8 Å². The highest BCUT2D eigenvalue weighted by Gasteiger charge is 2.29. The minimum Gasteiger partial charge on any atom is -0.467 e. The van der Waals surface area contributed by atoms with Gasteiger partial charge in [-0.15, -0.1) is 0 Å². The van der Waals surface area contributed by atoms with Crippen LogP contribution in [0, 0.1) is 6.92 Å². The number of nitrogens with zero attached hydrogens (tertiary/aromatic N) is 5. The number of hydrogen-bond donors (Lipinski definition) is 0. The number of anilines is 1. The molecule has 0 bridgehead atoms. The molecule has 1 aromatic carbocycles. The van der Waals surface area contributed by atoms with Gasteiger partial charge >= 0.3 is 6.01 Å². The van der Waals surface area contributed by atoms with Gasteiger partial charge in [-0.2, -0.15) is 9.97 Å². The molecular weight excluding hydrogens is 426 g/mol. The summed E-state index contributed by atoms with van der Waals surface area (Å²) in [5.41, 5.74) is 7.47. The molecule has 0 unspecified atom stereocenters. The van der Waals surface area contributed by atoms with Crippen LogP contribution in [-0.4, -0.2) is 65.5 Å². The van der Waals surface area contributed by atoms with Crippen LogP contribution < -0.4 is 9.64 Å². The molecule has 0 saturated carbocycles. The average Bonchev–Trinajstić information content (AvgIpc) is 2.88. The molecule has 2 aliphatic rings. The maximum absolute atomic E-state index is 12.0. The molecule has 0 atom stereocenters. The Kier molecular flexibility index (Phi) is 7.20. The molecule has 0 aliphatic carbocycles. The van der Waals surface area contributed by atoms with Gasteiger partial charge in [-0.05, 0) is 43.9 Å². The minimum absolute atomic E-state index is 0.0147. The van der Waals surface area contributed by atoms with Crippen molar-refractivity contribution in [3.05, 3.63) is 64.9 Å². The zero-order valence-electron chi connectivity index (χ0n) is 20.8. The van der Waals surface area contributed by atoms with Gasteiger partial charge in [0.15, 0.2) is 0 Å². The van der Waals surface area contributed by atoms with Crippen LogP contribution in [-0.2, 0) is 24.2 Å². The molecule has 4 rings (SSSR count). The molecule has 3 heterocycles. The van der Waals surface area contributed by atoms with Crippen LogP contribution in [0.2, 0.25) is 0 Å². The van der Waals surface area contributed by atoms with Crippen LogP contribution in [0.1, 0.15) is 41.8 Å². The lowest BCUT2D eigenvalue weighted by molar-refractivity contribution is -0.126. The van der Waals surface area contributed by atoms with Crippen molar-refractivity contribution in [1.29, 1.82) is 0 Å². The number of amides is 1. The predicted octanol–water partition coefficient (Wildman–Crippen LogP) is 3.61. The first kappa shape index (κ1) is 23.8. The number of fused-ring (bicyclic) bond motifs is 1. The highest BCUT2D eigenvalue weighted by molar-refractivity contribution is 5.87. The number of hydrogen-bond acceptors (Lipinski definition) is 6. The molecule has 1 saturated heterocycles. The number of rotatable bonds is 6. The number of piperazine rings is 1. The summed E-state index contributed by atoms with van der Waals surface area (Å²) >= 11 is 0. The Bertz CT molecular complexity index is 1100. The summed E-state index contributed by atoms with van der Waals surface area (Å²) in [5, 5.41) is 0. The van der Waals surface area contributed by atoms with Crippen LogP contribution in [0.5, 0.6) is 6.01 Å². The van der Waals surface area contributed by atoms with E-state index in [0.717, 1.165) is 44.0 Å². The van der Waals surface area contributed by atoms with Crippen molar-refractivity contribution in [2.75, 3.05) is 44.7 Å². The Labute approximate surface area is 202 Å². The third kappa shape index (κ3) is 4.52. The summed E-state index contributed by atoms with van der Waals surface area (Å²) in [6.45, 7) is 14.5. The maximum atomic E-state index is 12.0. The van der Waals surface area contributed by atoms with Gasteiger partial charge in [-0.3, -0.25) is 4.79 Å². The fraction of sp³-hybridized carbons (Fsp3) is 0.444. The lowest BCUT2D eigenvalue weighted by Crippen LogP contribution is -2.49. The van der Waals surface area contributed by atoms with Crippen LogP contribution in [0.4, 0.5) is 5.82 Å². The summed E-state index contributed by atoms with van der Waals surface area (Å²) in [7, 11) is 1.62. The molecule has 2 aliphatic heterocycles. The Morgan fingerprint density at radius 3 is 2.56 bits per heavy atom. The van der Waals surface area contributed by atoms with E-state index >= 15 is 0 Å². The summed E-state index contributed by atoms with van der Waals surface area (Å²) in [4.78, 5) is 28.0. The van der Waals surface area contributed by atoms with Gasteiger partial charge < -0.3 is 19.4 Å². The Morgan fingerprint density at radius 2 is 1.91 bits per heavy atom. The highest BCUT2D eigenvalue weighted by atomic mass is 16.5. The SMILES string of the molecule is C=CC(=O)N1CCN(c2nc(OC)nc3c2CCN(/C(=C/C)c2c(C)cccc2CC)C3)CC1. The normalized spacial score (nSPS) is 16.4. The second-order valence-corrected chi connectivity index (χ2v) is 8.78. The molecule has 1 fully saturated rings. The number of aromatic nitrogens is 2. The monoisotopic (exact) mass is 461 g/mol. The van der Waals surface area contributed by atoms with E-state index < -0.39 is 0 Å². The standard InChI is InChI=1S/C27H35N5O2/c1-6-20-11-9-10-19(4)25(20)23(7-2)32-13-12-21-22(18-32)28-27(34-5)29-26(21)31-16-14-30(15-17-31)24(33)8-3/h7-11H,3,6,12-18H2,1-2,4-5H3/b23-7+. The second kappa shape index (κ2) is 10.3. The predicted molar refractivity (Wildman–Crippen MR) is 136 cm³/mol. The van der Waals surface area contributed by atoms with E-state index in [2.05, 4.69) is 61.4 Å². The van der Waals surface area contributed by atoms with Crippen LogP contribution >= 0.6 is 0 Å². The zero-order valence-corrected chi connectivity index (χ0v) is 20.8. The fourth-order valence-corrected chi connectivity index (χ4v) is 5.09. The lowest BCUT2D eigenvalue weighted by Gasteiger charge is -2.38. The van der Waals surface area contributed by atoms with Gasteiger partial charge in [0.2, 0.25) is 5.91 Å². The fourth-order valence-electron chi connectivity index (χ4n) is 5.09. The first-order chi connectivity index (χ1) is 16.5. The van der Waals surface area contributed by atoms with Crippen molar-refractivity contribution in [1.82, 2.24) is 19.8 Å². The van der Waals surface area contributed by atoms with E-state index in [4.69, 9.17) is 14.7 Å². The molecule has 34 heavy (non-hydrogen) atoms. The van der Waals surface area contributed by atoms with E-state index in [1.54, 1.807) is 7.11 Å². The van der Waals surface area contributed by atoms with E-state index in [1.165, 1.54) is 34.0 Å². The van der Waals surface area contributed by atoms with E-state index in [1.807, 2.05) is 4.90 Å². The average molecular weight is 462 g/mol. The molecule has 2 aromatic rings. The van der Waals surface area contributed by atoms with Gasteiger partial charge in [0, 0.05) is 49.5 Å². The molecule has 0 radical (unpaired) electrons.